The topological polar surface area (TPSA) is 9.23 Å². The lowest BCUT2D eigenvalue weighted by Crippen LogP contribution is -1.94. The summed E-state index contributed by atoms with van der Waals surface area (Å²) in [5, 5.41) is 0. The van der Waals surface area contributed by atoms with Gasteiger partial charge in [0.05, 0.1) is 22.2 Å². The van der Waals surface area contributed by atoms with E-state index in [4.69, 9.17) is 12.6 Å². The molecule has 4 heteroatoms. The zero-order valence-electron chi connectivity index (χ0n) is 6.68. The average molecular weight is 134 g/mol. The Kier molecular flexibility index (Phi) is 9.30. The van der Waals surface area contributed by atoms with E-state index in [1.165, 1.54) is 12.8 Å². The summed E-state index contributed by atoms with van der Waals surface area (Å²) < 4.78 is 4.94. The molecule has 1 saturated heterocycles. The SMILES string of the molecule is C1CCOC1.[B]C[B][B]C. The lowest BCUT2D eigenvalue weighted by molar-refractivity contribution is 0.198. The van der Waals surface area contributed by atoms with Crippen molar-refractivity contribution in [1.82, 2.24) is 0 Å². The maximum Gasteiger partial charge on any atom is 0.0600 e. The fourth-order valence-corrected chi connectivity index (χ4v) is 0.646. The zero-order valence-corrected chi connectivity index (χ0v) is 6.68. The highest BCUT2D eigenvalue weighted by molar-refractivity contribution is 7.01. The molecule has 4 radical (unpaired) electrons. The molecule has 0 aromatic carbocycles. The van der Waals surface area contributed by atoms with Crippen LogP contribution in [0.15, 0.2) is 0 Å². The zero-order chi connectivity index (χ0) is 7.66. The minimum atomic E-state index is 0.663. The third-order valence-corrected chi connectivity index (χ3v) is 1.20. The fourth-order valence-electron chi connectivity index (χ4n) is 0.646. The number of hydrogen-bond acceptors (Lipinski definition) is 1. The van der Waals surface area contributed by atoms with Crippen LogP contribution in [0.2, 0.25) is 13.0 Å². The average Bonchev–Trinajstić information content (AvgIpc) is 2.44. The minimum Gasteiger partial charge on any atom is -0.381 e. The van der Waals surface area contributed by atoms with Crippen LogP contribution in [-0.4, -0.2) is 35.4 Å². The van der Waals surface area contributed by atoms with E-state index in [-0.39, 0.29) is 0 Å². The van der Waals surface area contributed by atoms with E-state index in [1.54, 1.807) is 0 Å². The Labute approximate surface area is 66.8 Å². The number of rotatable bonds is 2. The van der Waals surface area contributed by atoms with Gasteiger partial charge in [0.15, 0.2) is 0 Å². The van der Waals surface area contributed by atoms with Gasteiger partial charge in [-0.15, -0.1) is 6.22 Å². The lowest BCUT2D eigenvalue weighted by atomic mass is 9.37. The van der Waals surface area contributed by atoms with E-state index >= 15 is 0 Å². The highest BCUT2D eigenvalue weighted by atomic mass is 16.5. The first-order valence-corrected chi connectivity index (χ1v) is 3.80. The van der Waals surface area contributed by atoms with Crippen molar-refractivity contribution in [2.75, 3.05) is 13.2 Å². The molecule has 0 atom stereocenters. The molecule has 1 nitrogen and oxygen atoms in total. The van der Waals surface area contributed by atoms with Crippen molar-refractivity contribution in [3.05, 3.63) is 0 Å². The van der Waals surface area contributed by atoms with Crippen molar-refractivity contribution in [2.24, 2.45) is 0 Å². The van der Waals surface area contributed by atoms with Crippen LogP contribution in [0.3, 0.4) is 0 Å². The predicted molar refractivity (Wildman–Crippen MR) is 48.0 cm³/mol. The van der Waals surface area contributed by atoms with Gasteiger partial charge in [0.2, 0.25) is 0 Å². The molecule has 52 valence electrons. The van der Waals surface area contributed by atoms with Crippen molar-refractivity contribution in [3.63, 3.8) is 0 Å². The molecular weight excluding hydrogens is 121 g/mol. The summed E-state index contributed by atoms with van der Waals surface area (Å²) in [6, 6.07) is 0. The van der Waals surface area contributed by atoms with E-state index in [0.29, 0.717) is 6.22 Å². The summed E-state index contributed by atoms with van der Waals surface area (Å²) >= 11 is 0. The molecule has 1 aliphatic rings. The van der Waals surface area contributed by atoms with E-state index in [1.807, 2.05) is 21.2 Å². The molecule has 0 bridgehead atoms. The monoisotopic (exact) mass is 134 g/mol. The molecular formula is C6H13B3O. The van der Waals surface area contributed by atoms with Crippen molar-refractivity contribution in [1.29, 1.82) is 0 Å². The molecule has 0 aromatic heterocycles. The van der Waals surface area contributed by atoms with Gasteiger partial charge in [0.25, 0.3) is 0 Å². The molecule has 0 unspecified atom stereocenters. The molecule has 10 heavy (non-hydrogen) atoms. The second-order valence-corrected chi connectivity index (χ2v) is 2.12. The van der Waals surface area contributed by atoms with E-state index in [9.17, 15) is 0 Å². The van der Waals surface area contributed by atoms with Gasteiger partial charge < -0.3 is 4.74 Å². The molecule has 1 aliphatic heterocycles. The van der Waals surface area contributed by atoms with Crippen LogP contribution in [0.4, 0.5) is 0 Å². The predicted octanol–water partition coefficient (Wildman–Crippen LogP) is 0.699. The van der Waals surface area contributed by atoms with Gasteiger partial charge in [-0.2, -0.15) is 0 Å². The molecule has 0 aliphatic carbocycles. The summed E-state index contributed by atoms with van der Waals surface area (Å²) in [5.41, 5.74) is 0. The van der Waals surface area contributed by atoms with Crippen molar-refractivity contribution < 1.29 is 4.74 Å². The van der Waals surface area contributed by atoms with Gasteiger partial charge in [-0.1, -0.05) is 6.82 Å². The molecule has 0 spiro atoms. The van der Waals surface area contributed by atoms with Crippen molar-refractivity contribution in [3.8, 4) is 0 Å². The maximum absolute atomic E-state index is 5.05. The summed E-state index contributed by atoms with van der Waals surface area (Å²) in [6.07, 6.45) is 3.22. The van der Waals surface area contributed by atoms with Gasteiger partial charge >= 0.3 is 0 Å². The standard InChI is InChI=1S/C4H8O.C2H5B3/c1-2-4-5-3-1;1-4-5-2-3/h1-4H2;2H2,1H3. The highest BCUT2D eigenvalue weighted by Crippen LogP contribution is 1.98. The van der Waals surface area contributed by atoms with Crippen molar-refractivity contribution >= 4 is 22.2 Å². The van der Waals surface area contributed by atoms with E-state index in [0.717, 1.165) is 13.2 Å². The third kappa shape index (κ3) is 8.15. The summed E-state index contributed by atoms with van der Waals surface area (Å²) in [4.78, 5) is 0. The van der Waals surface area contributed by atoms with E-state index in [2.05, 4.69) is 0 Å². The van der Waals surface area contributed by atoms with Gasteiger partial charge in [0.1, 0.15) is 0 Å². The third-order valence-electron chi connectivity index (χ3n) is 1.20. The summed E-state index contributed by atoms with van der Waals surface area (Å²) in [5.74, 6) is 0. The summed E-state index contributed by atoms with van der Waals surface area (Å²) in [6.45, 7) is 3.95. The second kappa shape index (κ2) is 9.15. The molecule has 1 fully saturated rings. The second-order valence-electron chi connectivity index (χ2n) is 2.12. The largest absolute Gasteiger partial charge is 0.381 e. The molecule has 0 N–H and O–H groups in total. The van der Waals surface area contributed by atoms with Crippen LogP contribution in [-0.2, 0) is 4.74 Å². The smallest absolute Gasteiger partial charge is 0.0600 e. The van der Waals surface area contributed by atoms with Crippen LogP contribution in [0.1, 0.15) is 12.8 Å². The summed E-state index contributed by atoms with van der Waals surface area (Å²) in [7, 11) is 8.89. The van der Waals surface area contributed by atoms with Crippen LogP contribution in [0, 0.1) is 0 Å². The van der Waals surface area contributed by atoms with Crippen LogP contribution >= 0.6 is 0 Å². The maximum atomic E-state index is 5.05. The van der Waals surface area contributed by atoms with Gasteiger partial charge in [0, 0.05) is 13.2 Å². The molecule has 0 aromatic rings. The Morgan fingerprint density at radius 3 is 2.10 bits per heavy atom. The Balaban J connectivity index is 0.000000162. The minimum absolute atomic E-state index is 0.663. The van der Waals surface area contributed by atoms with Crippen LogP contribution in [0.5, 0.6) is 0 Å². The normalized spacial score (nSPS) is 15.3. The van der Waals surface area contributed by atoms with Crippen LogP contribution in [0.25, 0.3) is 0 Å². The molecule has 1 rings (SSSR count). The first-order valence-electron chi connectivity index (χ1n) is 3.80. The van der Waals surface area contributed by atoms with Crippen molar-refractivity contribution in [2.45, 2.75) is 25.9 Å². The fraction of sp³-hybridized carbons (Fsp3) is 1.00. The highest BCUT2D eigenvalue weighted by Gasteiger charge is 1.94. The van der Waals surface area contributed by atoms with Gasteiger partial charge in [-0.3, -0.25) is 0 Å². The van der Waals surface area contributed by atoms with Gasteiger partial charge in [-0.05, 0) is 12.8 Å². The van der Waals surface area contributed by atoms with Crippen LogP contribution < -0.4 is 0 Å². The number of hydrogen-bond donors (Lipinski definition) is 0. The Morgan fingerprint density at radius 2 is 2.00 bits per heavy atom. The quantitative estimate of drug-likeness (QED) is 0.504. The molecule has 0 saturated carbocycles. The Morgan fingerprint density at radius 1 is 1.40 bits per heavy atom. The van der Waals surface area contributed by atoms with E-state index < -0.39 is 0 Å². The molecule has 1 heterocycles. The first-order chi connectivity index (χ1) is 4.91. The van der Waals surface area contributed by atoms with Gasteiger partial charge in [-0.25, -0.2) is 0 Å². The Hall–Kier alpha value is 0.155. The Bertz CT molecular complexity index is 47.3. The lowest BCUT2D eigenvalue weighted by Gasteiger charge is -1.76. The number of ether oxygens (including phenoxy) is 1. The molecule has 0 amide bonds. The first kappa shape index (κ1) is 10.2.